The Bertz CT molecular complexity index is 261. The van der Waals surface area contributed by atoms with E-state index in [1.807, 2.05) is 7.05 Å². The summed E-state index contributed by atoms with van der Waals surface area (Å²) < 4.78 is 0. The van der Waals surface area contributed by atoms with E-state index in [2.05, 4.69) is 27.8 Å². The van der Waals surface area contributed by atoms with Gasteiger partial charge >= 0.3 is 6.03 Å². The second-order valence-corrected chi connectivity index (χ2v) is 5.16. The minimum Gasteiger partial charge on any atom is -0.341 e. The molecule has 6 nitrogen and oxygen atoms in total. The van der Waals surface area contributed by atoms with Crippen LogP contribution < -0.4 is 21.7 Å². The Hall–Kier alpha value is -0.850. The minimum absolute atomic E-state index is 0.100. The number of nitrogens with two attached hydrogens (primary N) is 1. The molecule has 1 fully saturated rings. The van der Waals surface area contributed by atoms with Crippen molar-refractivity contribution in [2.24, 2.45) is 11.7 Å². The Labute approximate surface area is 110 Å². The largest absolute Gasteiger partial charge is 0.341 e. The van der Waals surface area contributed by atoms with Gasteiger partial charge in [-0.1, -0.05) is 6.92 Å². The molecular weight excluding hydrogens is 230 g/mol. The van der Waals surface area contributed by atoms with Gasteiger partial charge in [0.1, 0.15) is 0 Å². The van der Waals surface area contributed by atoms with Gasteiger partial charge < -0.3 is 21.7 Å². The number of hydrogen-bond donors (Lipinski definition) is 4. The van der Waals surface area contributed by atoms with E-state index in [9.17, 15) is 4.79 Å². The summed E-state index contributed by atoms with van der Waals surface area (Å²) in [6, 6.07) is 0.608. The molecule has 18 heavy (non-hydrogen) atoms. The number of hydrogen-bond acceptors (Lipinski definition) is 4. The van der Waals surface area contributed by atoms with Crippen LogP contribution in [0.3, 0.4) is 0 Å². The van der Waals surface area contributed by atoms with E-state index in [0.717, 1.165) is 26.1 Å². The Morgan fingerprint density at radius 3 is 2.78 bits per heavy atom. The number of carbonyl (C=O) groups is 1. The standard InChI is InChI=1S/C12H27N5O/c1-9(5-13)7-17-8-10(16-12(18)15-3)4-11(17)6-14-2/h9-11,14H,4-8,13H2,1-3H3,(H2,15,16,18)/t9-,10+,11-/m0/s1. The molecule has 1 aliphatic rings. The lowest BCUT2D eigenvalue weighted by Crippen LogP contribution is -2.43. The Balaban J connectivity index is 2.50. The highest BCUT2D eigenvalue weighted by Gasteiger charge is 2.32. The second-order valence-electron chi connectivity index (χ2n) is 5.16. The number of nitrogens with zero attached hydrogens (tertiary/aromatic N) is 1. The van der Waals surface area contributed by atoms with E-state index < -0.39 is 0 Å². The van der Waals surface area contributed by atoms with Gasteiger partial charge in [0.15, 0.2) is 0 Å². The molecule has 3 atom stereocenters. The molecule has 1 saturated heterocycles. The van der Waals surface area contributed by atoms with Gasteiger partial charge in [0.05, 0.1) is 0 Å². The van der Waals surface area contributed by atoms with Gasteiger partial charge in [-0.05, 0) is 25.9 Å². The molecule has 0 radical (unpaired) electrons. The number of likely N-dealkylation sites (N-methyl/N-ethyl adjacent to an activating group) is 1. The van der Waals surface area contributed by atoms with Gasteiger partial charge in [0.25, 0.3) is 0 Å². The molecule has 0 aliphatic carbocycles. The third kappa shape index (κ3) is 4.44. The van der Waals surface area contributed by atoms with Crippen molar-refractivity contribution in [1.29, 1.82) is 0 Å². The quantitative estimate of drug-likeness (QED) is 0.501. The third-order valence-corrected chi connectivity index (χ3v) is 3.48. The molecule has 0 unspecified atom stereocenters. The zero-order valence-electron chi connectivity index (χ0n) is 11.7. The molecule has 2 amide bonds. The van der Waals surface area contributed by atoms with Crippen molar-refractivity contribution in [1.82, 2.24) is 20.9 Å². The van der Waals surface area contributed by atoms with E-state index in [-0.39, 0.29) is 12.1 Å². The molecule has 0 saturated carbocycles. The summed E-state index contributed by atoms with van der Waals surface area (Å²) >= 11 is 0. The van der Waals surface area contributed by atoms with E-state index in [1.165, 1.54) is 0 Å². The lowest BCUT2D eigenvalue weighted by molar-refractivity contribution is 0.217. The summed E-state index contributed by atoms with van der Waals surface area (Å²) in [6.07, 6.45) is 0.992. The van der Waals surface area contributed by atoms with Crippen LogP contribution in [0.25, 0.3) is 0 Å². The maximum atomic E-state index is 11.3. The molecule has 0 bridgehead atoms. The summed E-state index contributed by atoms with van der Waals surface area (Å²) in [5.41, 5.74) is 5.68. The molecule has 0 aromatic carbocycles. The highest BCUT2D eigenvalue weighted by Crippen LogP contribution is 2.18. The summed E-state index contributed by atoms with van der Waals surface area (Å²) in [6.45, 7) is 5.72. The van der Waals surface area contributed by atoms with Crippen LogP contribution in [0.5, 0.6) is 0 Å². The fourth-order valence-corrected chi connectivity index (χ4v) is 2.49. The van der Waals surface area contributed by atoms with Crippen molar-refractivity contribution in [2.45, 2.75) is 25.4 Å². The molecule has 0 spiro atoms. The van der Waals surface area contributed by atoms with Gasteiger partial charge in [-0.2, -0.15) is 0 Å². The molecule has 5 N–H and O–H groups in total. The zero-order valence-corrected chi connectivity index (χ0v) is 11.7. The van der Waals surface area contributed by atoms with Crippen molar-refractivity contribution in [3.63, 3.8) is 0 Å². The summed E-state index contributed by atoms with van der Waals surface area (Å²) in [5, 5.41) is 8.81. The predicted octanol–water partition coefficient (Wildman–Crippen LogP) is -0.827. The van der Waals surface area contributed by atoms with Crippen molar-refractivity contribution in [3.8, 4) is 0 Å². The van der Waals surface area contributed by atoms with Crippen LogP contribution in [-0.4, -0.2) is 63.3 Å². The van der Waals surface area contributed by atoms with E-state index in [4.69, 9.17) is 5.73 Å². The monoisotopic (exact) mass is 257 g/mol. The summed E-state index contributed by atoms with van der Waals surface area (Å²) in [7, 11) is 3.60. The number of amides is 2. The molecule has 106 valence electrons. The molecule has 1 aliphatic heterocycles. The van der Waals surface area contributed by atoms with Crippen LogP contribution in [0.2, 0.25) is 0 Å². The highest BCUT2D eigenvalue weighted by molar-refractivity contribution is 5.73. The summed E-state index contributed by atoms with van der Waals surface area (Å²) in [4.78, 5) is 13.8. The minimum atomic E-state index is -0.100. The normalized spacial score (nSPS) is 26.0. The zero-order chi connectivity index (χ0) is 13.5. The lowest BCUT2D eigenvalue weighted by Gasteiger charge is -2.26. The molecule has 6 heteroatoms. The van der Waals surface area contributed by atoms with Crippen LogP contribution in [0, 0.1) is 5.92 Å². The maximum absolute atomic E-state index is 11.3. The topological polar surface area (TPSA) is 82.4 Å². The molecule has 0 aromatic heterocycles. The van der Waals surface area contributed by atoms with Gasteiger partial charge in [0.2, 0.25) is 0 Å². The average molecular weight is 257 g/mol. The van der Waals surface area contributed by atoms with E-state index in [1.54, 1.807) is 7.05 Å². The smallest absolute Gasteiger partial charge is 0.314 e. The average Bonchev–Trinajstić information content (AvgIpc) is 2.71. The molecule has 1 heterocycles. The number of rotatable bonds is 6. The molecular formula is C12H27N5O. The van der Waals surface area contributed by atoms with Gasteiger partial charge in [0, 0.05) is 38.8 Å². The predicted molar refractivity (Wildman–Crippen MR) is 73.5 cm³/mol. The third-order valence-electron chi connectivity index (χ3n) is 3.48. The van der Waals surface area contributed by atoms with Crippen molar-refractivity contribution < 1.29 is 4.79 Å². The summed E-state index contributed by atoms with van der Waals surface area (Å²) in [5.74, 6) is 0.489. The van der Waals surface area contributed by atoms with Gasteiger partial charge in [-0.15, -0.1) is 0 Å². The Kier molecular flexibility index (Phi) is 6.38. The van der Waals surface area contributed by atoms with Crippen molar-refractivity contribution >= 4 is 6.03 Å². The first-order valence-electron chi connectivity index (χ1n) is 6.67. The maximum Gasteiger partial charge on any atom is 0.314 e. The Morgan fingerprint density at radius 2 is 2.22 bits per heavy atom. The first kappa shape index (κ1) is 15.2. The van der Waals surface area contributed by atoms with E-state index in [0.29, 0.717) is 18.5 Å². The van der Waals surface area contributed by atoms with Crippen LogP contribution in [0.1, 0.15) is 13.3 Å². The first-order valence-corrected chi connectivity index (χ1v) is 6.67. The number of nitrogens with one attached hydrogen (secondary N) is 3. The SMILES string of the molecule is CNC[C@@H]1C[C@@H](NC(=O)NC)CN1C[C@@H](C)CN. The van der Waals surface area contributed by atoms with Crippen molar-refractivity contribution in [3.05, 3.63) is 0 Å². The fraction of sp³-hybridized carbons (Fsp3) is 0.917. The van der Waals surface area contributed by atoms with Crippen LogP contribution in [0.4, 0.5) is 4.79 Å². The van der Waals surface area contributed by atoms with Gasteiger partial charge in [-0.3, -0.25) is 4.90 Å². The number of likely N-dealkylation sites (tertiary alicyclic amines) is 1. The van der Waals surface area contributed by atoms with Crippen LogP contribution >= 0.6 is 0 Å². The van der Waals surface area contributed by atoms with Crippen molar-refractivity contribution in [2.75, 3.05) is 40.3 Å². The van der Waals surface area contributed by atoms with E-state index >= 15 is 0 Å². The molecule has 0 aromatic rings. The Morgan fingerprint density at radius 1 is 1.50 bits per heavy atom. The second kappa shape index (κ2) is 7.56. The van der Waals surface area contributed by atoms with Gasteiger partial charge in [-0.25, -0.2) is 4.79 Å². The van der Waals surface area contributed by atoms with Crippen LogP contribution in [0.15, 0.2) is 0 Å². The number of urea groups is 1. The van der Waals surface area contributed by atoms with Crippen LogP contribution in [-0.2, 0) is 0 Å². The number of carbonyl (C=O) groups excluding carboxylic acids is 1. The molecule has 1 rings (SSSR count). The fourth-order valence-electron chi connectivity index (χ4n) is 2.49. The first-order chi connectivity index (χ1) is 8.60. The lowest BCUT2D eigenvalue weighted by atomic mass is 10.1. The highest BCUT2D eigenvalue weighted by atomic mass is 16.2.